The highest BCUT2D eigenvalue weighted by Crippen LogP contribution is 2.22. The Balaban J connectivity index is 1.56. The molecule has 0 saturated carbocycles. The Bertz CT molecular complexity index is 599. The van der Waals surface area contributed by atoms with Crippen molar-refractivity contribution in [3.63, 3.8) is 0 Å². The van der Waals surface area contributed by atoms with Gasteiger partial charge in [-0.05, 0) is 37.8 Å². The number of halogens is 1. The molecule has 2 aliphatic heterocycles. The fraction of sp³-hybridized carbons (Fsp3) is 0.688. The monoisotopic (exact) mass is 354 g/mol. The molecule has 2 aliphatic rings. The minimum Gasteiger partial charge on any atom is -0.344 e. The zero-order valence-corrected chi connectivity index (χ0v) is 14.6. The Morgan fingerprint density at radius 2 is 2.29 bits per heavy atom. The smallest absolute Gasteiger partial charge is 0.236 e. The number of piperazine rings is 1. The average Bonchev–Trinajstić information content (AvgIpc) is 2.91. The molecule has 1 atom stereocenters. The number of aryl methyl sites for hydroxylation is 1. The molecule has 7 nitrogen and oxygen atoms in total. The van der Waals surface area contributed by atoms with Crippen molar-refractivity contribution in [2.24, 2.45) is 0 Å². The number of carbonyl (C=O) groups excluding carboxylic acids is 2. The van der Waals surface area contributed by atoms with E-state index < -0.39 is 0 Å². The first-order valence-electron chi connectivity index (χ1n) is 8.45. The Hall–Kier alpha value is -1.60. The predicted octanol–water partition coefficient (Wildman–Crippen LogP) is 0.992. The molecule has 3 heterocycles. The van der Waals surface area contributed by atoms with Crippen molar-refractivity contribution in [3.8, 4) is 0 Å². The molecule has 0 aliphatic carbocycles. The quantitative estimate of drug-likeness (QED) is 0.872. The van der Waals surface area contributed by atoms with Gasteiger partial charge >= 0.3 is 0 Å². The maximum Gasteiger partial charge on any atom is 0.236 e. The van der Waals surface area contributed by atoms with Crippen molar-refractivity contribution in [1.82, 2.24) is 20.3 Å². The number of carbonyl (C=O) groups is 2. The van der Waals surface area contributed by atoms with E-state index in [1.165, 1.54) is 0 Å². The summed E-state index contributed by atoms with van der Waals surface area (Å²) in [6.45, 7) is 5.15. The van der Waals surface area contributed by atoms with Gasteiger partial charge in [0, 0.05) is 44.2 Å². The van der Waals surface area contributed by atoms with E-state index in [-0.39, 0.29) is 23.1 Å². The summed E-state index contributed by atoms with van der Waals surface area (Å²) in [5.41, 5.74) is 1.53. The summed E-state index contributed by atoms with van der Waals surface area (Å²) < 4.78 is 4.92. The summed E-state index contributed by atoms with van der Waals surface area (Å²) in [7, 11) is 0. The number of aromatic nitrogens is 1. The predicted molar refractivity (Wildman–Crippen MR) is 88.8 cm³/mol. The largest absolute Gasteiger partial charge is 0.344 e. The lowest BCUT2D eigenvalue weighted by Crippen LogP contribution is -2.57. The maximum atomic E-state index is 12.5. The molecule has 2 saturated heterocycles. The van der Waals surface area contributed by atoms with Crippen LogP contribution in [-0.2, 0) is 16.0 Å². The summed E-state index contributed by atoms with van der Waals surface area (Å²) in [5.74, 6) is 0.228. The van der Waals surface area contributed by atoms with Crippen LogP contribution < -0.4 is 5.32 Å². The summed E-state index contributed by atoms with van der Waals surface area (Å²) in [4.78, 5) is 28.4. The van der Waals surface area contributed by atoms with Crippen LogP contribution in [0.4, 0.5) is 0 Å². The molecule has 8 heteroatoms. The molecule has 0 spiro atoms. The van der Waals surface area contributed by atoms with Crippen LogP contribution in [0, 0.1) is 6.92 Å². The Morgan fingerprint density at radius 1 is 1.46 bits per heavy atom. The first kappa shape index (κ1) is 17.2. The zero-order valence-electron chi connectivity index (χ0n) is 13.9. The van der Waals surface area contributed by atoms with E-state index >= 15 is 0 Å². The molecule has 1 aromatic heterocycles. The summed E-state index contributed by atoms with van der Waals surface area (Å²) in [6.07, 6.45) is 2.80. The van der Waals surface area contributed by atoms with E-state index in [0.717, 1.165) is 43.7 Å². The van der Waals surface area contributed by atoms with Gasteiger partial charge in [-0.2, -0.15) is 0 Å². The SMILES string of the molecule is Cc1noc(Cl)c1CCC(=O)N1CCCC(N2CCNCC2=O)C1. The van der Waals surface area contributed by atoms with E-state index in [1.807, 2.05) is 16.7 Å². The van der Waals surface area contributed by atoms with Crippen LogP contribution in [0.2, 0.25) is 5.22 Å². The lowest BCUT2D eigenvalue weighted by atomic mass is 10.0. The summed E-state index contributed by atoms with van der Waals surface area (Å²) >= 11 is 5.95. The number of rotatable bonds is 4. The van der Waals surface area contributed by atoms with Crippen LogP contribution in [0.1, 0.15) is 30.5 Å². The molecule has 2 fully saturated rings. The molecule has 3 rings (SSSR count). The third-order valence-corrected chi connectivity index (χ3v) is 5.14. The van der Waals surface area contributed by atoms with E-state index in [2.05, 4.69) is 10.5 Å². The Kier molecular flexibility index (Phi) is 5.40. The molecule has 0 aromatic carbocycles. The lowest BCUT2D eigenvalue weighted by molar-refractivity contribution is -0.140. The fourth-order valence-electron chi connectivity index (χ4n) is 3.47. The number of likely N-dealkylation sites (tertiary alicyclic amines) is 1. The number of nitrogens with one attached hydrogen (secondary N) is 1. The molecule has 1 unspecified atom stereocenters. The number of hydrogen-bond acceptors (Lipinski definition) is 5. The van der Waals surface area contributed by atoms with Crippen molar-refractivity contribution >= 4 is 23.4 Å². The molecular formula is C16H23ClN4O3. The summed E-state index contributed by atoms with van der Waals surface area (Å²) in [6, 6.07) is 0.137. The highest BCUT2D eigenvalue weighted by molar-refractivity contribution is 6.29. The second-order valence-corrected chi connectivity index (χ2v) is 6.76. The molecule has 24 heavy (non-hydrogen) atoms. The highest BCUT2D eigenvalue weighted by atomic mass is 35.5. The van der Waals surface area contributed by atoms with E-state index in [9.17, 15) is 9.59 Å². The van der Waals surface area contributed by atoms with Gasteiger partial charge in [-0.15, -0.1) is 0 Å². The second kappa shape index (κ2) is 7.53. The van der Waals surface area contributed by atoms with Gasteiger partial charge in [0.15, 0.2) is 0 Å². The number of piperidine rings is 1. The van der Waals surface area contributed by atoms with Crippen molar-refractivity contribution in [1.29, 1.82) is 0 Å². The van der Waals surface area contributed by atoms with Gasteiger partial charge in [0.1, 0.15) is 0 Å². The zero-order chi connectivity index (χ0) is 17.1. The topological polar surface area (TPSA) is 78.7 Å². The molecule has 0 bridgehead atoms. The van der Waals surface area contributed by atoms with Gasteiger partial charge in [0.2, 0.25) is 17.0 Å². The summed E-state index contributed by atoms with van der Waals surface area (Å²) in [5, 5.41) is 7.16. The van der Waals surface area contributed by atoms with Crippen molar-refractivity contribution < 1.29 is 14.1 Å². The fourth-order valence-corrected chi connectivity index (χ4v) is 3.74. The van der Waals surface area contributed by atoms with Crippen molar-refractivity contribution in [2.75, 3.05) is 32.7 Å². The van der Waals surface area contributed by atoms with E-state index in [4.69, 9.17) is 16.1 Å². The van der Waals surface area contributed by atoms with Gasteiger partial charge in [-0.3, -0.25) is 9.59 Å². The van der Waals surface area contributed by atoms with Gasteiger partial charge in [-0.25, -0.2) is 0 Å². The lowest BCUT2D eigenvalue weighted by Gasteiger charge is -2.41. The Morgan fingerprint density at radius 3 is 3.00 bits per heavy atom. The van der Waals surface area contributed by atoms with Crippen LogP contribution in [0.5, 0.6) is 0 Å². The Labute approximate surface area is 146 Å². The van der Waals surface area contributed by atoms with E-state index in [0.29, 0.717) is 25.9 Å². The minimum absolute atomic E-state index is 0.0963. The second-order valence-electron chi connectivity index (χ2n) is 6.42. The van der Waals surface area contributed by atoms with Crippen LogP contribution >= 0.6 is 11.6 Å². The molecule has 0 radical (unpaired) electrons. The maximum absolute atomic E-state index is 12.5. The van der Waals surface area contributed by atoms with E-state index in [1.54, 1.807) is 0 Å². The number of nitrogens with zero attached hydrogens (tertiary/aromatic N) is 3. The molecule has 132 valence electrons. The van der Waals surface area contributed by atoms with Gasteiger partial charge in [0.25, 0.3) is 0 Å². The minimum atomic E-state index is 0.0963. The van der Waals surface area contributed by atoms with Crippen molar-refractivity contribution in [2.45, 2.75) is 38.6 Å². The van der Waals surface area contributed by atoms with Crippen LogP contribution in [0.3, 0.4) is 0 Å². The van der Waals surface area contributed by atoms with Gasteiger partial charge in [0.05, 0.1) is 12.2 Å². The molecule has 1 N–H and O–H groups in total. The highest BCUT2D eigenvalue weighted by Gasteiger charge is 2.31. The third kappa shape index (κ3) is 3.72. The van der Waals surface area contributed by atoms with Crippen molar-refractivity contribution in [3.05, 3.63) is 16.5 Å². The number of hydrogen-bond donors (Lipinski definition) is 1. The van der Waals surface area contributed by atoms with Crippen LogP contribution in [-0.4, -0.2) is 65.5 Å². The van der Waals surface area contributed by atoms with Gasteiger partial charge in [-0.1, -0.05) is 5.16 Å². The van der Waals surface area contributed by atoms with Crippen LogP contribution in [0.25, 0.3) is 0 Å². The molecule has 1 aromatic rings. The molecule has 2 amide bonds. The first-order chi connectivity index (χ1) is 11.6. The normalized spacial score (nSPS) is 22.1. The van der Waals surface area contributed by atoms with Gasteiger partial charge < -0.3 is 19.6 Å². The number of amides is 2. The molecular weight excluding hydrogens is 332 g/mol. The average molecular weight is 355 g/mol. The standard InChI is InChI=1S/C16H23ClN4O3/c1-11-13(16(17)24-19-11)4-5-14(22)20-7-2-3-12(10-20)21-8-6-18-9-15(21)23/h12,18H,2-10H2,1H3. The van der Waals surface area contributed by atoms with Crippen LogP contribution in [0.15, 0.2) is 4.52 Å². The first-order valence-corrected chi connectivity index (χ1v) is 8.82. The third-order valence-electron chi connectivity index (χ3n) is 4.84.